The molecule has 5 nitrogen and oxygen atoms in total. The van der Waals surface area contributed by atoms with E-state index in [2.05, 4.69) is 21.8 Å². The Balaban J connectivity index is 2.24. The number of rotatable bonds is 3. The van der Waals surface area contributed by atoms with Gasteiger partial charge in [0.25, 0.3) is 0 Å². The number of nitrogens with zero attached hydrogens (tertiary/aromatic N) is 3. The number of anilines is 1. The summed E-state index contributed by atoms with van der Waals surface area (Å²) < 4.78 is 0. The van der Waals surface area contributed by atoms with Crippen molar-refractivity contribution in [1.82, 2.24) is 9.97 Å². The van der Waals surface area contributed by atoms with Crippen molar-refractivity contribution in [2.75, 3.05) is 23.7 Å². The van der Waals surface area contributed by atoms with Gasteiger partial charge in [0.1, 0.15) is 11.5 Å². The van der Waals surface area contributed by atoms with Crippen LogP contribution in [0.4, 0.5) is 5.82 Å². The molecule has 1 aromatic rings. The van der Waals surface area contributed by atoms with Crippen molar-refractivity contribution in [3.05, 3.63) is 18.1 Å². The van der Waals surface area contributed by atoms with Crippen LogP contribution in [0.3, 0.4) is 0 Å². The number of thioether (sulfide) groups is 1. The number of hydrogen-bond donors (Lipinski definition) is 2. The molecule has 17 heavy (non-hydrogen) atoms. The zero-order chi connectivity index (χ0) is 12.3. The predicted octanol–water partition coefficient (Wildman–Crippen LogP) is 1.09. The van der Waals surface area contributed by atoms with Crippen molar-refractivity contribution in [3.8, 4) is 0 Å². The number of nitrogen functional groups attached to an aromatic ring is 1. The standard InChI is InChI=1S/C11H17N5S/c1-2-8-7-16(5-6-17-8)11-9(10(12)13)14-3-4-15-11/h3-4,8H,2,5-7H2,1H3,(H3,12,13). The summed E-state index contributed by atoms with van der Waals surface area (Å²) in [4.78, 5) is 10.7. The van der Waals surface area contributed by atoms with Gasteiger partial charge in [-0.05, 0) is 6.42 Å². The highest BCUT2D eigenvalue weighted by atomic mass is 32.2. The number of nitrogens with one attached hydrogen (secondary N) is 1. The first-order valence-corrected chi connectivity index (χ1v) is 6.79. The van der Waals surface area contributed by atoms with Crippen LogP contribution in [0.5, 0.6) is 0 Å². The lowest BCUT2D eigenvalue weighted by Crippen LogP contribution is -2.39. The Labute approximate surface area is 105 Å². The molecular weight excluding hydrogens is 234 g/mol. The van der Waals surface area contributed by atoms with Crippen LogP contribution in [-0.4, -0.2) is 39.9 Å². The molecule has 0 saturated carbocycles. The highest BCUT2D eigenvalue weighted by Gasteiger charge is 2.23. The number of aromatic nitrogens is 2. The first kappa shape index (κ1) is 12.2. The fourth-order valence-electron chi connectivity index (χ4n) is 1.91. The Morgan fingerprint density at radius 2 is 2.35 bits per heavy atom. The molecule has 1 atom stereocenters. The summed E-state index contributed by atoms with van der Waals surface area (Å²) in [7, 11) is 0. The maximum atomic E-state index is 7.53. The minimum absolute atomic E-state index is 0.0145. The zero-order valence-electron chi connectivity index (χ0n) is 9.89. The Hall–Kier alpha value is -1.30. The predicted molar refractivity (Wildman–Crippen MR) is 71.8 cm³/mol. The highest BCUT2D eigenvalue weighted by molar-refractivity contribution is 8.00. The van der Waals surface area contributed by atoms with E-state index in [1.54, 1.807) is 12.4 Å². The van der Waals surface area contributed by atoms with Crippen LogP contribution in [0.2, 0.25) is 0 Å². The van der Waals surface area contributed by atoms with Crippen LogP contribution < -0.4 is 10.6 Å². The van der Waals surface area contributed by atoms with Crippen LogP contribution in [0.15, 0.2) is 12.4 Å². The van der Waals surface area contributed by atoms with Crippen LogP contribution in [0, 0.1) is 5.41 Å². The Morgan fingerprint density at radius 1 is 1.59 bits per heavy atom. The van der Waals surface area contributed by atoms with Crippen molar-refractivity contribution >= 4 is 23.4 Å². The van der Waals surface area contributed by atoms with Gasteiger partial charge in [-0.15, -0.1) is 0 Å². The Kier molecular flexibility index (Phi) is 3.83. The first-order valence-electron chi connectivity index (χ1n) is 5.74. The van der Waals surface area contributed by atoms with E-state index in [9.17, 15) is 0 Å². The first-order chi connectivity index (χ1) is 8.22. The Bertz CT molecular complexity index is 409. The van der Waals surface area contributed by atoms with Gasteiger partial charge in [-0.2, -0.15) is 11.8 Å². The molecule has 0 radical (unpaired) electrons. The molecule has 2 heterocycles. The summed E-state index contributed by atoms with van der Waals surface area (Å²) >= 11 is 2.00. The van der Waals surface area contributed by atoms with Gasteiger partial charge in [0.15, 0.2) is 5.82 Å². The molecule has 1 saturated heterocycles. The summed E-state index contributed by atoms with van der Waals surface area (Å²) in [6.45, 7) is 4.10. The molecule has 1 aliphatic rings. The van der Waals surface area contributed by atoms with Crippen molar-refractivity contribution in [1.29, 1.82) is 5.41 Å². The number of amidine groups is 1. The monoisotopic (exact) mass is 251 g/mol. The van der Waals surface area contributed by atoms with Crippen LogP contribution in [0.25, 0.3) is 0 Å². The van der Waals surface area contributed by atoms with Crippen LogP contribution in [-0.2, 0) is 0 Å². The lowest BCUT2D eigenvalue weighted by atomic mass is 10.2. The average molecular weight is 251 g/mol. The highest BCUT2D eigenvalue weighted by Crippen LogP contribution is 2.25. The smallest absolute Gasteiger partial charge is 0.158 e. The van der Waals surface area contributed by atoms with Crippen LogP contribution in [0.1, 0.15) is 19.0 Å². The van der Waals surface area contributed by atoms with E-state index >= 15 is 0 Å². The summed E-state index contributed by atoms with van der Waals surface area (Å²) in [5, 5.41) is 8.16. The van der Waals surface area contributed by atoms with Gasteiger partial charge < -0.3 is 10.6 Å². The van der Waals surface area contributed by atoms with Gasteiger partial charge >= 0.3 is 0 Å². The second-order valence-corrected chi connectivity index (χ2v) is 5.40. The number of nitrogens with two attached hydrogens (primary N) is 1. The zero-order valence-corrected chi connectivity index (χ0v) is 10.7. The Morgan fingerprint density at radius 3 is 3.06 bits per heavy atom. The van der Waals surface area contributed by atoms with Crippen molar-refractivity contribution < 1.29 is 0 Å². The molecule has 1 fully saturated rings. The third-order valence-electron chi connectivity index (χ3n) is 2.83. The molecule has 1 aromatic heterocycles. The van der Waals surface area contributed by atoms with E-state index in [0.29, 0.717) is 10.9 Å². The lowest BCUT2D eigenvalue weighted by molar-refractivity contribution is 0.717. The summed E-state index contributed by atoms with van der Waals surface area (Å²) in [6.07, 6.45) is 4.39. The summed E-state index contributed by atoms with van der Waals surface area (Å²) in [5.74, 6) is 1.82. The van der Waals surface area contributed by atoms with Gasteiger partial charge in [-0.25, -0.2) is 9.97 Å². The molecule has 0 bridgehead atoms. The minimum atomic E-state index is -0.0145. The molecule has 0 spiro atoms. The molecule has 2 rings (SSSR count). The third-order valence-corrected chi connectivity index (χ3v) is 4.20. The molecule has 1 aliphatic heterocycles. The molecular formula is C11H17N5S. The average Bonchev–Trinajstić information content (AvgIpc) is 2.39. The quantitative estimate of drug-likeness (QED) is 0.621. The van der Waals surface area contributed by atoms with E-state index in [1.165, 1.54) is 0 Å². The topological polar surface area (TPSA) is 78.9 Å². The molecule has 0 aliphatic carbocycles. The lowest BCUT2D eigenvalue weighted by Gasteiger charge is -2.33. The molecule has 3 N–H and O–H groups in total. The molecule has 1 unspecified atom stereocenters. The van der Waals surface area contributed by atoms with Crippen LogP contribution >= 0.6 is 11.8 Å². The van der Waals surface area contributed by atoms with Crippen molar-refractivity contribution in [2.45, 2.75) is 18.6 Å². The van der Waals surface area contributed by atoms with E-state index in [1.807, 2.05) is 11.8 Å². The van der Waals surface area contributed by atoms with E-state index in [0.717, 1.165) is 31.1 Å². The van der Waals surface area contributed by atoms with Gasteiger partial charge in [0.05, 0.1) is 0 Å². The van der Waals surface area contributed by atoms with Gasteiger partial charge in [0.2, 0.25) is 0 Å². The van der Waals surface area contributed by atoms with E-state index in [4.69, 9.17) is 11.1 Å². The largest absolute Gasteiger partial charge is 0.382 e. The SMILES string of the molecule is CCC1CN(c2nccnc2C(=N)N)CCS1. The molecule has 92 valence electrons. The summed E-state index contributed by atoms with van der Waals surface area (Å²) in [5.41, 5.74) is 6.03. The minimum Gasteiger partial charge on any atom is -0.382 e. The molecule has 6 heteroatoms. The molecule has 0 aromatic carbocycles. The van der Waals surface area contributed by atoms with E-state index in [-0.39, 0.29) is 5.84 Å². The van der Waals surface area contributed by atoms with Gasteiger partial charge in [0, 0.05) is 36.5 Å². The fraction of sp³-hybridized carbons (Fsp3) is 0.545. The molecule has 0 amide bonds. The normalized spacial score (nSPS) is 20.3. The second-order valence-electron chi connectivity index (χ2n) is 3.99. The maximum Gasteiger partial charge on any atom is 0.158 e. The van der Waals surface area contributed by atoms with E-state index < -0.39 is 0 Å². The van der Waals surface area contributed by atoms with Crippen molar-refractivity contribution in [2.24, 2.45) is 5.73 Å². The third kappa shape index (κ3) is 2.69. The summed E-state index contributed by atoms with van der Waals surface area (Å²) in [6, 6.07) is 0. The van der Waals surface area contributed by atoms with Gasteiger partial charge in [-0.1, -0.05) is 6.92 Å². The fourth-order valence-corrected chi connectivity index (χ4v) is 3.09. The maximum absolute atomic E-state index is 7.53. The number of hydrogen-bond acceptors (Lipinski definition) is 5. The van der Waals surface area contributed by atoms with Crippen molar-refractivity contribution in [3.63, 3.8) is 0 Å². The van der Waals surface area contributed by atoms with Gasteiger partial charge in [-0.3, -0.25) is 5.41 Å². The second kappa shape index (κ2) is 5.35.